The number of hydrogen-bond donors (Lipinski definition) is 0. The smallest absolute Gasteiger partial charge is 0.410 e. The highest BCUT2D eigenvalue weighted by atomic mass is 127. The minimum absolute atomic E-state index is 0.00367. The topological polar surface area (TPSA) is 73.8 Å². The van der Waals surface area contributed by atoms with Gasteiger partial charge in [-0.05, 0) is 13.8 Å². The summed E-state index contributed by atoms with van der Waals surface area (Å²) in [5.41, 5.74) is 0.816. The summed E-state index contributed by atoms with van der Waals surface area (Å²) in [6.07, 6.45) is 2.60. The molecule has 0 radical (unpaired) electrons. The van der Waals surface area contributed by atoms with E-state index in [2.05, 4.69) is 32.6 Å². The third-order valence-electron chi connectivity index (χ3n) is 3.49. The molecule has 0 aliphatic carbocycles. The molecular formula is C15H22IN3O4. The number of carbonyl (C=O) groups is 1. The highest BCUT2D eigenvalue weighted by molar-refractivity contribution is 14.1. The van der Waals surface area contributed by atoms with Crippen molar-refractivity contribution in [1.29, 1.82) is 0 Å². The molecule has 1 saturated heterocycles. The Labute approximate surface area is 149 Å². The van der Waals surface area contributed by atoms with Gasteiger partial charge in [0, 0.05) is 30.4 Å². The first-order valence-electron chi connectivity index (χ1n) is 7.61. The maximum Gasteiger partial charge on any atom is 0.410 e. The lowest BCUT2D eigenvalue weighted by atomic mass is 10.1. The van der Waals surface area contributed by atoms with Gasteiger partial charge in [-0.3, -0.25) is 0 Å². The molecule has 0 N–H and O–H groups in total. The van der Waals surface area contributed by atoms with Gasteiger partial charge in [0.1, 0.15) is 12.4 Å². The van der Waals surface area contributed by atoms with Gasteiger partial charge in [0.15, 0.2) is 0 Å². The molecule has 1 aliphatic heterocycles. The number of hydrogen-bond acceptors (Lipinski definition) is 6. The van der Waals surface area contributed by atoms with Gasteiger partial charge in [-0.25, -0.2) is 9.78 Å². The zero-order valence-electron chi connectivity index (χ0n) is 13.6. The summed E-state index contributed by atoms with van der Waals surface area (Å²) in [6, 6.07) is 0. The number of likely N-dealkylation sites (tertiary alicyclic amines) is 1. The monoisotopic (exact) mass is 435 g/mol. The number of carbonyl (C=O) groups excluding carboxylic acids is 1. The number of aromatic nitrogens is 2. The van der Waals surface area contributed by atoms with Gasteiger partial charge in [0.05, 0.1) is 18.9 Å². The molecule has 0 saturated carbocycles. The Morgan fingerprint density at radius 2 is 2.09 bits per heavy atom. The van der Waals surface area contributed by atoms with Gasteiger partial charge < -0.3 is 19.1 Å². The van der Waals surface area contributed by atoms with Crippen molar-refractivity contribution in [2.24, 2.45) is 0 Å². The number of halogens is 1. The van der Waals surface area contributed by atoms with Gasteiger partial charge in [-0.1, -0.05) is 22.6 Å². The van der Waals surface area contributed by atoms with Crippen LogP contribution in [0.1, 0.15) is 32.4 Å². The molecule has 0 spiro atoms. The molecule has 23 heavy (non-hydrogen) atoms. The predicted octanol–water partition coefficient (Wildman–Crippen LogP) is 2.81. The van der Waals surface area contributed by atoms with Gasteiger partial charge >= 0.3 is 6.09 Å². The predicted molar refractivity (Wildman–Crippen MR) is 93.1 cm³/mol. The molecule has 128 valence electrons. The van der Waals surface area contributed by atoms with Gasteiger partial charge in [0.2, 0.25) is 5.75 Å². The quantitative estimate of drug-likeness (QED) is 0.523. The average Bonchev–Trinajstić information content (AvgIpc) is 2.54. The number of nitrogens with zero attached hydrogens (tertiary/aromatic N) is 3. The number of alkyl halides is 1. The van der Waals surface area contributed by atoms with Crippen molar-refractivity contribution in [2.45, 2.75) is 43.3 Å². The molecule has 2 heterocycles. The van der Waals surface area contributed by atoms with Crippen LogP contribution in [0.2, 0.25) is 0 Å². The van der Waals surface area contributed by atoms with Crippen molar-refractivity contribution in [1.82, 2.24) is 14.9 Å². The molecule has 7 nitrogen and oxygen atoms in total. The first-order chi connectivity index (χ1) is 11.0. The molecule has 1 aliphatic rings. The summed E-state index contributed by atoms with van der Waals surface area (Å²) < 4.78 is 17.3. The first kappa shape index (κ1) is 18.0. The fourth-order valence-corrected chi connectivity index (χ4v) is 2.91. The lowest BCUT2D eigenvalue weighted by Gasteiger charge is -2.31. The average molecular weight is 435 g/mol. The van der Waals surface area contributed by atoms with Crippen LogP contribution in [0.25, 0.3) is 0 Å². The van der Waals surface area contributed by atoms with E-state index in [1.165, 1.54) is 6.33 Å². The first-order valence-corrected chi connectivity index (χ1v) is 9.13. The van der Waals surface area contributed by atoms with Crippen molar-refractivity contribution < 1.29 is 19.0 Å². The Morgan fingerprint density at radius 1 is 1.39 bits per heavy atom. The van der Waals surface area contributed by atoms with Crippen molar-refractivity contribution in [3.05, 3.63) is 12.0 Å². The van der Waals surface area contributed by atoms with Crippen LogP contribution in [0, 0.1) is 0 Å². The molecule has 1 fully saturated rings. The van der Waals surface area contributed by atoms with E-state index >= 15 is 0 Å². The van der Waals surface area contributed by atoms with Gasteiger partial charge in [-0.2, -0.15) is 4.98 Å². The number of amides is 1. The molecule has 1 aromatic heterocycles. The highest BCUT2D eigenvalue weighted by Crippen LogP contribution is 2.30. The number of rotatable bonds is 5. The summed E-state index contributed by atoms with van der Waals surface area (Å²) in [6.45, 7) is 4.92. The van der Waals surface area contributed by atoms with E-state index in [9.17, 15) is 4.79 Å². The van der Waals surface area contributed by atoms with E-state index in [1.807, 2.05) is 13.8 Å². The van der Waals surface area contributed by atoms with E-state index in [0.29, 0.717) is 24.7 Å². The van der Waals surface area contributed by atoms with Crippen LogP contribution >= 0.6 is 22.6 Å². The molecular weight excluding hydrogens is 413 g/mol. The number of piperidine rings is 1. The Hall–Kier alpha value is -1.32. The second kappa shape index (κ2) is 8.51. The van der Waals surface area contributed by atoms with Crippen molar-refractivity contribution >= 4 is 28.7 Å². The van der Waals surface area contributed by atoms with E-state index in [0.717, 1.165) is 23.0 Å². The van der Waals surface area contributed by atoms with E-state index in [-0.39, 0.29) is 18.3 Å². The lowest BCUT2D eigenvalue weighted by molar-refractivity contribution is 0.0500. The summed E-state index contributed by atoms with van der Waals surface area (Å²) >= 11 is 2.23. The van der Waals surface area contributed by atoms with Crippen LogP contribution in [0.3, 0.4) is 0 Å². The molecule has 1 amide bonds. The normalized spacial score (nSPS) is 15.6. The van der Waals surface area contributed by atoms with Crippen molar-refractivity contribution in [2.75, 3.05) is 20.2 Å². The van der Waals surface area contributed by atoms with Crippen LogP contribution < -0.4 is 9.47 Å². The maximum atomic E-state index is 11.9. The van der Waals surface area contributed by atoms with E-state index < -0.39 is 0 Å². The summed E-state index contributed by atoms with van der Waals surface area (Å²) in [5, 5.41) is 0. The molecule has 0 aromatic carbocycles. The highest BCUT2D eigenvalue weighted by Gasteiger charge is 2.26. The molecule has 8 heteroatoms. The van der Waals surface area contributed by atoms with Crippen LogP contribution in [-0.4, -0.2) is 53.4 Å². The number of ether oxygens (including phenoxy) is 3. The third-order valence-corrected chi connectivity index (χ3v) is 4.21. The van der Waals surface area contributed by atoms with Crippen LogP contribution in [0.4, 0.5) is 4.79 Å². The van der Waals surface area contributed by atoms with Gasteiger partial charge in [-0.15, -0.1) is 0 Å². The second-order valence-corrected chi connectivity index (χ2v) is 6.29. The summed E-state index contributed by atoms with van der Waals surface area (Å²) in [7, 11) is 1.59. The molecule has 0 atom stereocenters. The zero-order valence-corrected chi connectivity index (χ0v) is 15.8. The number of methoxy groups -OCH3 is 1. The van der Waals surface area contributed by atoms with Crippen LogP contribution in [-0.2, 0) is 9.16 Å². The fraction of sp³-hybridized carbons (Fsp3) is 0.667. The molecule has 0 unspecified atom stereocenters. The summed E-state index contributed by atoms with van der Waals surface area (Å²) in [5.74, 6) is 1.06. The zero-order chi connectivity index (χ0) is 16.8. The molecule has 0 bridgehead atoms. The van der Waals surface area contributed by atoms with E-state index in [4.69, 9.17) is 14.2 Å². The Kier molecular flexibility index (Phi) is 6.67. The van der Waals surface area contributed by atoms with Gasteiger partial charge in [0.25, 0.3) is 5.88 Å². The van der Waals surface area contributed by atoms with Crippen molar-refractivity contribution in [3.63, 3.8) is 0 Å². The maximum absolute atomic E-state index is 11.9. The Bertz CT molecular complexity index is 533. The van der Waals surface area contributed by atoms with E-state index in [1.54, 1.807) is 12.0 Å². The standard InChI is InChI=1S/C15H22IN3O4/c1-10(2)22-15(20)19-6-4-11(5-7-19)23-14-13(21-3)12(8-16)17-9-18-14/h9-11H,4-8H2,1-3H3. The molecule has 2 rings (SSSR count). The molecule has 1 aromatic rings. The Morgan fingerprint density at radius 3 is 2.65 bits per heavy atom. The second-order valence-electron chi connectivity index (χ2n) is 5.53. The Balaban J connectivity index is 1.93. The largest absolute Gasteiger partial charge is 0.490 e. The SMILES string of the molecule is COc1c(CI)ncnc1OC1CCN(C(=O)OC(C)C)CC1. The fourth-order valence-electron chi connectivity index (χ4n) is 2.37. The van der Waals surface area contributed by atoms with Crippen LogP contribution in [0.15, 0.2) is 6.33 Å². The lowest BCUT2D eigenvalue weighted by Crippen LogP contribution is -2.42. The minimum atomic E-state index is -0.259. The minimum Gasteiger partial charge on any atom is -0.490 e. The third kappa shape index (κ3) is 4.82. The summed E-state index contributed by atoms with van der Waals surface area (Å²) in [4.78, 5) is 22.0. The van der Waals surface area contributed by atoms with Crippen molar-refractivity contribution in [3.8, 4) is 11.6 Å². The van der Waals surface area contributed by atoms with Crippen LogP contribution in [0.5, 0.6) is 11.6 Å².